The van der Waals surface area contributed by atoms with E-state index in [2.05, 4.69) is 10.3 Å². The van der Waals surface area contributed by atoms with Gasteiger partial charge in [0.2, 0.25) is 11.8 Å². The van der Waals surface area contributed by atoms with Crippen LogP contribution in [0.25, 0.3) is 6.08 Å². The summed E-state index contributed by atoms with van der Waals surface area (Å²) in [5, 5.41) is 5.16. The highest BCUT2D eigenvalue weighted by Gasteiger charge is 2.27. The van der Waals surface area contributed by atoms with E-state index in [9.17, 15) is 14.0 Å². The smallest absolute Gasteiger partial charge is 0.246 e. The second-order valence-corrected chi connectivity index (χ2v) is 6.73. The van der Waals surface area contributed by atoms with Crippen LogP contribution in [0.3, 0.4) is 0 Å². The van der Waals surface area contributed by atoms with E-state index >= 15 is 0 Å². The largest absolute Gasteiger partial charge is 0.338 e. The Morgan fingerprint density at radius 2 is 2.12 bits per heavy atom. The van der Waals surface area contributed by atoms with Crippen LogP contribution in [0.4, 0.5) is 9.52 Å². The molecule has 0 unspecified atom stereocenters. The van der Waals surface area contributed by atoms with Crippen LogP contribution in [0.15, 0.2) is 41.9 Å². The van der Waals surface area contributed by atoms with Gasteiger partial charge in [-0.05, 0) is 36.6 Å². The number of thiazole rings is 1. The molecule has 1 atom stereocenters. The number of halogens is 1. The molecule has 1 aromatic heterocycles. The number of nitrogens with one attached hydrogen (secondary N) is 1. The van der Waals surface area contributed by atoms with Gasteiger partial charge in [0.1, 0.15) is 5.82 Å². The normalized spacial score (nSPS) is 17.6. The van der Waals surface area contributed by atoms with Gasteiger partial charge in [-0.1, -0.05) is 12.1 Å². The van der Waals surface area contributed by atoms with Crippen LogP contribution in [0.1, 0.15) is 18.4 Å². The van der Waals surface area contributed by atoms with Gasteiger partial charge >= 0.3 is 0 Å². The van der Waals surface area contributed by atoms with Crippen molar-refractivity contribution in [2.24, 2.45) is 5.92 Å². The molecule has 1 aliphatic rings. The first-order valence-electron chi connectivity index (χ1n) is 8.05. The molecule has 25 heavy (non-hydrogen) atoms. The lowest BCUT2D eigenvalue weighted by atomic mass is 9.97. The highest BCUT2D eigenvalue weighted by atomic mass is 32.1. The Hall–Kier alpha value is -2.54. The van der Waals surface area contributed by atoms with Crippen molar-refractivity contribution in [2.75, 3.05) is 18.4 Å². The molecule has 1 saturated heterocycles. The summed E-state index contributed by atoms with van der Waals surface area (Å²) in [7, 11) is 0. The fourth-order valence-corrected chi connectivity index (χ4v) is 3.26. The Morgan fingerprint density at radius 3 is 2.84 bits per heavy atom. The Bertz CT molecular complexity index is 759. The minimum absolute atomic E-state index is 0.102. The van der Waals surface area contributed by atoms with Crippen molar-refractivity contribution in [3.8, 4) is 0 Å². The highest BCUT2D eigenvalue weighted by molar-refractivity contribution is 7.13. The SMILES string of the molecule is O=C(Nc1nccs1)[C@H]1CCCN(C(=O)/C=C\c2ccc(F)cc2)C1. The van der Waals surface area contributed by atoms with Crippen LogP contribution in [0.2, 0.25) is 0 Å². The van der Waals surface area contributed by atoms with Gasteiger partial charge in [0.05, 0.1) is 5.92 Å². The monoisotopic (exact) mass is 359 g/mol. The van der Waals surface area contributed by atoms with Crippen LogP contribution in [0, 0.1) is 11.7 Å². The molecule has 1 N–H and O–H groups in total. The molecule has 0 saturated carbocycles. The number of likely N-dealkylation sites (tertiary alicyclic amines) is 1. The predicted molar refractivity (Wildman–Crippen MR) is 95.5 cm³/mol. The number of piperidine rings is 1. The summed E-state index contributed by atoms with van der Waals surface area (Å²) < 4.78 is 12.9. The van der Waals surface area contributed by atoms with Crippen LogP contribution in [-0.4, -0.2) is 34.8 Å². The maximum atomic E-state index is 12.9. The molecule has 2 aromatic rings. The van der Waals surface area contributed by atoms with Gasteiger partial charge in [0.15, 0.2) is 5.13 Å². The molecule has 7 heteroatoms. The molecule has 130 valence electrons. The molecular formula is C18H18FN3O2S. The lowest BCUT2D eigenvalue weighted by molar-refractivity contribution is -0.130. The number of anilines is 1. The summed E-state index contributed by atoms with van der Waals surface area (Å²) in [6.45, 7) is 1.03. The van der Waals surface area contributed by atoms with Crippen molar-refractivity contribution in [1.29, 1.82) is 0 Å². The quantitative estimate of drug-likeness (QED) is 0.853. The molecule has 2 heterocycles. The van der Waals surface area contributed by atoms with Crippen molar-refractivity contribution < 1.29 is 14.0 Å². The predicted octanol–water partition coefficient (Wildman–Crippen LogP) is 3.17. The number of nitrogens with zero attached hydrogens (tertiary/aromatic N) is 2. The Labute approximate surface area is 149 Å². The average molecular weight is 359 g/mol. The summed E-state index contributed by atoms with van der Waals surface area (Å²) in [4.78, 5) is 30.4. The zero-order chi connectivity index (χ0) is 17.6. The summed E-state index contributed by atoms with van der Waals surface area (Å²) in [5.74, 6) is -0.791. The van der Waals surface area contributed by atoms with Crippen LogP contribution in [0.5, 0.6) is 0 Å². The minimum Gasteiger partial charge on any atom is -0.338 e. The Morgan fingerprint density at radius 1 is 1.32 bits per heavy atom. The van der Waals surface area contributed by atoms with Gasteiger partial charge in [0, 0.05) is 30.7 Å². The van der Waals surface area contributed by atoms with Gasteiger partial charge in [-0.25, -0.2) is 9.37 Å². The number of rotatable bonds is 4. The molecule has 1 aromatic carbocycles. The Kier molecular flexibility index (Phi) is 5.55. The molecule has 2 amide bonds. The van der Waals surface area contributed by atoms with E-state index in [0.29, 0.717) is 18.2 Å². The first kappa shape index (κ1) is 17.3. The van der Waals surface area contributed by atoms with Crippen molar-refractivity contribution >= 4 is 34.4 Å². The van der Waals surface area contributed by atoms with Crippen LogP contribution < -0.4 is 5.32 Å². The van der Waals surface area contributed by atoms with Crippen molar-refractivity contribution in [3.63, 3.8) is 0 Å². The number of amides is 2. The zero-order valence-corrected chi connectivity index (χ0v) is 14.3. The van der Waals surface area contributed by atoms with Gasteiger partial charge in [-0.3, -0.25) is 9.59 Å². The summed E-state index contributed by atoms with van der Waals surface area (Å²) >= 11 is 1.37. The number of hydrogen-bond acceptors (Lipinski definition) is 4. The second kappa shape index (κ2) is 8.02. The molecule has 0 aliphatic carbocycles. The first-order valence-corrected chi connectivity index (χ1v) is 8.93. The molecule has 0 radical (unpaired) electrons. The summed E-state index contributed by atoms with van der Waals surface area (Å²) in [5.41, 5.74) is 0.754. The molecule has 0 spiro atoms. The first-order chi connectivity index (χ1) is 12.1. The topological polar surface area (TPSA) is 62.3 Å². The molecule has 0 bridgehead atoms. The molecule has 1 aliphatic heterocycles. The van der Waals surface area contributed by atoms with E-state index in [1.165, 1.54) is 29.5 Å². The third-order valence-electron chi connectivity index (χ3n) is 4.05. The highest BCUT2D eigenvalue weighted by Crippen LogP contribution is 2.20. The van der Waals surface area contributed by atoms with E-state index in [4.69, 9.17) is 0 Å². The third-order valence-corrected chi connectivity index (χ3v) is 4.74. The molecule has 1 fully saturated rings. The molecule has 5 nitrogen and oxygen atoms in total. The maximum Gasteiger partial charge on any atom is 0.246 e. The van der Waals surface area contributed by atoms with E-state index < -0.39 is 0 Å². The number of hydrogen-bond donors (Lipinski definition) is 1. The zero-order valence-electron chi connectivity index (χ0n) is 13.5. The Balaban J connectivity index is 1.57. The van der Waals surface area contributed by atoms with Gasteiger partial charge < -0.3 is 10.2 Å². The standard InChI is InChI=1S/C18H18FN3O2S/c19-15-6-3-13(4-7-15)5-8-16(23)22-10-1-2-14(12-22)17(24)21-18-20-9-11-25-18/h3-9,11,14H,1-2,10,12H2,(H,20,21,24)/b8-5-/t14-/m0/s1. The average Bonchev–Trinajstić information content (AvgIpc) is 3.14. The van der Waals surface area contributed by atoms with Crippen molar-refractivity contribution in [1.82, 2.24) is 9.88 Å². The van der Waals surface area contributed by atoms with E-state index in [1.807, 2.05) is 0 Å². The van der Waals surface area contributed by atoms with Crippen LogP contribution >= 0.6 is 11.3 Å². The summed E-state index contributed by atoms with van der Waals surface area (Å²) in [6.07, 6.45) is 6.29. The fourth-order valence-electron chi connectivity index (χ4n) is 2.73. The van der Waals surface area contributed by atoms with E-state index in [1.54, 1.807) is 34.7 Å². The lowest BCUT2D eigenvalue weighted by Crippen LogP contribution is -2.43. The van der Waals surface area contributed by atoms with Crippen molar-refractivity contribution in [2.45, 2.75) is 12.8 Å². The van der Waals surface area contributed by atoms with Crippen molar-refractivity contribution in [3.05, 3.63) is 53.3 Å². The maximum absolute atomic E-state index is 12.9. The minimum atomic E-state index is -0.311. The second-order valence-electron chi connectivity index (χ2n) is 5.83. The third kappa shape index (κ3) is 4.73. The fraction of sp³-hybridized carbons (Fsp3) is 0.278. The number of carbonyl (C=O) groups is 2. The number of carbonyl (C=O) groups excluding carboxylic acids is 2. The van der Waals surface area contributed by atoms with Gasteiger partial charge in [-0.15, -0.1) is 11.3 Å². The molecular weight excluding hydrogens is 341 g/mol. The lowest BCUT2D eigenvalue weighted by Gasteiger charge is -2.31. The number of aromatic nitrogens is 1. The van der Waals surface area contributed by atoms with E-state index in [0.717, 1.165) is 18.4 Å². The number of benzene rings is 1. The molecule has 3 rings (SSSR count). The van der Waals surface area contributed by atoms with E-state index in [-0.39, 0.29) is 23.5 Å². The summed E-state index contributed by atoms with van der Waals surface area (Å²) in [6, 6.07) is 5.92. The van der Waals surface area contributed by atoms with Gasteiger partial charge in [-0.2, -0.15) is 0 Å². The van der Waals surface area contributed by atoms with Crippen LogP contribution in [-0.2, 0) is 9.59 Å². The van der Waals surface area contributed by atoms with Gasteiger partial charge in [0.25, 0.3) is 0 Å².